The van der Waals surface area contributed by atoms with E-state index in [4.69, 9.17) is 38.4 Å². The summed E-state index contributed by atoms with van der Waals surface area (Å²) in [6.07, 6.45) is 53.1. The molecular formula is C110H148F6N4O6. The van der Waals surface area contributed by atoms with Crippen LogP contribution in [0.15, 0.2) is 97.1 Å². The van der Waals surface area contributed by atoms with E-state index in [2.05, 4.69) is 75.2 Å². The smallest absolute Gasteiger partial charge is 0.416 e. The summed E-state index contributed by atoms with van der Waals surface area (Å²) in [5, 5.41) is 0. The van der Waals surface area contributed by atoms with Crippen molar-refractivity contribution in [2.24, 2.45) is 0 Å². The van der Waals surface area contributed by atoms with Crippen LogP contribution in [0, 0.1) is 23.7 Å². The second-order valence-corrected chi connectivity index (χ2v) is 34.7. The van der Waals surface area contributed by atoms with Crippen LogP contribution in [0.2, 0.25) is 0 Å². The SMILES string of the molecule is CCCCCCCCCCOc1cc(-c2c3nc(c(C#Cc4ccc(C(F)(F)F)cc4)c4ccc([nH]4)c(-c4cc(OCCCCCCCCCC)c(OCCCCCCCCCC)c(OCCCCCCCCCC)c4)c4nc(c(C#Cc5ccc(C(F)(F)F)cc5)c5ccc2[nH]5)C=C4)C=C3)cc(OCCCCCCCCCC)c1OCCCCCCCCCC. The monoisotopic (exact) mass is 1740 g/mol. The molecule has 3 aromatic heterocycles. The average Bonchev–Trinajstić information content (AvgIpc) is 1.58. The summed E-state index contributed by atoms with van der Waals surface area (Å²) in [7, 11) is 0. The number of fused-ring (bicyclic) bond motifs is 8. The van der Waals surface area contributed by atoms with E-state index in [1.165, 1.54) is 217 Å². The number of nitrogens with one attached hydrogen (secondary N) is 2. The zero-order chi connectivity index (χ0) is 89.1. The lowest BCUT2D eigenvalue weighted by atomic mass is 10.0. The predicted octanol–water partition coefficient (Wildman–Crippen LogP) is 33.9. The van der Waals surface area contributed by atoms with Gasteiger partial charge in [0, 0.05) is 33.3 Å². The Morgan fingerprint density at radius 2 is 0.476 bits per heavy atom. The highest BCUT2D eigenvalue weighted by atomic mass is 19.4. The van der Waals surface area contributed by atoms with Crippen LogP contribution in [-0.2, 0) is 12.4 Å². The Hall–Kier alpha value is -9.02. The van der Waals surface area contributed by atoms with E-state index in [9.17, 15) is 26.3 Å². The van der Waals surface area contributed by atoms with Gasteiger partial charge in [0.1, 0.15) is 0 Å². The van der Waals surface area contributed by atoms with Gasteiger partial charge in [0.2, 0.25) is 11.5 Å². The van der Waals surface area contributed by atoms with Crippen LogP contribution in [0.5, 0.6) is 34.5 Å². The minimum absolute atomic E-state index is 0.369. The molecule has 126 heavy (non-hydrogen) atoms. The van der Waals surface area contributed by atoms with Crippen LogP contribution in [0.25, 0.3) is 68.6 Å². The summed E-state index contributed by atoms with van der Waals surface area (Å²) in [5.74, 6) is 16.7. The Labute approximate surface area is 752 Å². The van der Waals surface area contributed by atoms with Gasteiger partial charge < -0.3 is 38.4 Å². The van der Waals surface area contributed by atoms with Crippen LogP contribution in [0.1, 0.15) is 406 Å². The highest BCUT2D eigenvalue weighted by Gasteiger charge is 2.32. The van der Waals surface area contributed by atoms with Gasteiger partial charge in [0.15, 0.2) is 23.0 Å². The first kappa shape index (κ1) is 101. The molecule has 0 aliphatic carbocycles. The third-order valence-corrected chi connectivity index (χ3v) is 24.0. The minimum Gasteiger partial charge on any atom is -0.490 e. The molecule has 2 aliphatic heterocycles. The van der Waals surface area contributed by atoms with Crippen molar-refractivity contribution in [2.45, 2.75) is 362 Å². The van der Waals surface area contributed by atoms with E-state index in [0.29, 0.717) is 163 Å². The van der Waals surface area contributed by atoms with E-state index >= 15 is 0 Å². The number of rotatable bonds is 62. The number of unbranched alkanes of at least 4 members (excludes halogenated alkanes) is 42. The van der Waals surface area contributed by atoms with Gasteiger partial charge in [-0.1, -0.05) is 335 Å². The Morgan fingerprint density at radius 1 is 0.254 bits per heavy atom. The number of alkyl halides is 6. The Kier molecular flexibility index (Phi) is 46.2. The highest BCUT2D eigenvalue weighted by Crippen LogP contribution is 2.47. The van der Waals surface area contributed by atoms with Crippen LogP contribution in [0.3, 0.4) is 0 Å². The number of nitrogens with zero attached hydrogens (tertiary/aromatic N) is 2. The lowest BCUT2D eigenvalue weighted by Crippen LogP contribution is -2.07. The maximum absolute atomic E-state index is 14.2. The molecule has 5 heterocycles. The third kappa shape index (κ3) is 34.9. The maximum atomic E-state index is 14.2. The van der Waals surface area contributed by atoms with Gasteiger partial charge in [-0.25, -0.2) is 9.97 Å². The molecule has 686 valence electrons. The molecule has 0 atom stereocenters. The highest BCUT2D eigenvalue weighted by molar-refractivity contribution is 5.96. The maximum Gasteiger partial charge on any atom is 0.416 e. The van der Waals surface area contributed by atoms with Gasteiger partial charge in [-0.05, 0) is 171 Å². The summed E-state index contributed by atoms with van der Waals surface area (Å²) in [6.45, 7) is 16.2. The molecule has 16 heteroatoms. The van der Waals surface area contributed by atoms with Crippen molar-refractivity contribution in [2.75, 3.05) is 39.6 Å². The van der Waals surface area contributed by atoms with Crippen molar-refractivity contribution >= 4 is 46.4 Å². The molecule has 8 bridgehead atoms. The molecule has 0 amide bonds. The third-order valence-electron chi connectivity index (χ3n) is 24.0. The van der Waals surface area contributed by atoms with Crippen molar-refractivity contribution in [1.29, 1.82) is 0 Å². The average molecular weight is 1740 g/mol. The molecule has 9 rings (SSSR count). The second kappa shape index (κ2) is 57.7. The van der Waals surface area contributed by atoms with Crippen molar-refractivity contribution in [3.05, 3.63) is 153 Å². The zero-order valence-corrected chi connectivity index (χ0v) is 77.3. The van der Waals surface area contributed by atoms with Gasteiger partial charge in [0.25, 0.3) is 0 Å². The summed E-state index contributed by atoms with van der Waals surface area (Å²) in [5.41, 5.74) is 7.32. The topological polar surface area (TPSA) is 113 Å². The normalized spacial score (nSPS) is 11.9. The molecular weight excluding hydrogens is 1590 g/mol. The van der Waals surface area contributed by atoms with Gasteiger partial charge >= 0.3 is 12.4 Å². The number of aromatic amines is 2. The molecule has 0 saturated carbocycles. The molecule has 0 spiro atoms. The molecule has 2 aliphatic rings. The second-order valence-electron chi connectivity index (χ2n) is 34.7. The predicted molar refractivity (Wildman–Crippen MR) is 513 cm³/mol. The number of hydrogen-bond donors (Lipinski definition) is 2. The Bertz CT molecular complexity index is 4300. The van der Waals surface area contributed by atoms with Gasteiger partial charge in [-0.15, -0.1) is 0 Å². The van der Waals surface area contributed by atoms with Crippen molar-refractivity contribution in [3.63, 3.8) is 0 Å². The first-order valence-electron chi connectivity index (χ1n) is 49.3. The fourth-order valence-corrected chi connectivity index (χ4v) is 16.5. The first-order chi connectivity index (χ1) is 61.6. The van der Waals surface area contributed by atoms with Gasteiger partial charge in [-0.2, -0.15) is 26.3 Å². The van der Waals surface area contributed by atoms with Gasteiger partial charge in [0.05, 0.1) is 95.7 Å². The lowest BCUT2D eigenvalue weighted by molar-refractivity contribution is -0.138. The fraction of sp³-hybridized carbons (Fsp3) is 0.564. The summed E-state index contributed by atoms with van der Waals surface area (Å²) in [4.78, 5) is 18.8. The molecule has 10 nitrogen and oxygen atoms in total. The molecule has 7 aromatic rings. The number of H-pyrrole nitrogens is 2. The summed E-state index contributed by atoms with van der Waals surface area (Å²) in [6, 6.07) is 25.8. The van der Waals surface area contributed by atoms with Gasteiger partial charge in [-0.3, -0.25) is 0 Å². The van der Waals surface area contributed by atoms with Crippen molar-refractivity contribution in [1.82, 2.24) is 19.9 Å². The molecule has 4 aromatic carbocycles. The summed E-state index contributed by atoms with van der Waals surface area (Å²) >= 11 is 0. The minimum atomic E-state index is -4.55. The fourth-order valence-electron chi connectivity index (χ4n) is 16.5. The van der Waals surface area contributed by atoms with E-state index in [1.807, 2.05) is 72.8 Å². The first-order valence-corrected chi connectivity index (χ1v) is 49.3. The van der Waals surface area contributed by atoms with E-state index < -0.39 is 23.5 Å². The number of benzene rings is 4. The van der Waals surface area contributed by atoms with Crippen LogP contribution < -0.4 is 28.4 Å². The van der Waals surface area contributed by atoms with Crippen molar-refractivity contribution < 1.29 is 54.8 Å². The summed E-state index contributed by atoms with van der Waals surface area (Å²) < 4.78 is 127. The molecule has 0 fully saturated rings. The Balaban J connectivity index is 1.30. The van der Waals surface area contributed by atoms with E-state index in [-0.39, 0.29) is 0 Å². The molecule has 0 radical (unpaired) electrons. The molecule has 0 unspecified atom stereocenters. The lowest BCUT2D eigenvalue weighted by Gasteiger charge is -2.19. The quantitative estimate of drug-likeness (QED) is 0.0220. The Morgan fingerprint density at radius 3 is 0.722 bits per heavy atom. The largest absolute Gasteiger partial charge is 0.490 e. The molecule has 2 N–H and O–H groups in total. The molecule has 0 saturated heterocycles. The number of aromatic nitrogens is 4. The number of halogens is 6. The van der Waals surface area contributed by atoms with Crippen molar-refractivity contribution in [3.8, 4) is 80.4 Å². The van der Waals surface area contributed by atoms with E-state index in [0.717, 1.165) is 140 Å². The number of ether oxygens (including phenoxy) is 6. The zero-order valence-electron chi connectivity index (χ0n) is 77.3. The number of hydrogen-bond acceptors (Lipinski definition) is 8. The van der Waals surface area contributed by atoms with Crippen LogP contribution in [0.4, 0.5) is 26.3 Å². The van der Waals surface area contributed by atoms with E-state index in [1.54, 1.807) is 0 Å². The van der Waals surface area contributed by atoms with Crippen LogP contribution in [-0.4, -0.2) is 59.6 Å². The van der Waals surface area contributed by atoms with Crippen LogP contribution >= 0.6 is 0 Å². The standard InChI is InChI=1S/C110H148F6N4O6/c1-7-13-19-25-31-37-43-49-75-121-101-81-87(82-102(122-76-50-44-38-32-26-20-14-8-2)107(101)125-79-53-47-41-35-29-23-17-11-5)105-97-71-67-93(117-97)91(65-59-85-55-61-89(62-56-85)109(111,112)113)95-69-73-99(119-95)106(100-74-70-96(120-100)92(94-68-72-98(105)118-94)66-60-86-57-63-90(64-58-86)110(114,115)116)88-83-103(123-77-51-45-39-33-27-21-15-9-3)108(126-80-54-48-42-36-30-24-18-12-6)104(84-88)124-78-52-46-40-34-28-22-16-10-4/h55-58,61-64,67-74,81-84,117,120H,7-54,75-80H2,1-6H3.